The van der Waals surface area contributed by atoms with Crippen LogP contribution in [-0.2, 0) is 12.0 Å². The Bertz CT molecular complexity index is 669. The molecule has 0 fully saturated rings. The molecule has 0 aliphatic carbocycles. The van der Waals surface area contributed by atoms with Gasteiger partial charge in [0.15, 0.2) is 5.96 Å². The first-order valence-corrected chi connectivity index (χ1v) is 9.40. The van der Waals surface area contributed by atoms with Crippen LogP contribution >= 0.6 is 11.3 Å². The van der Waals surface area contributed by atoms with Crippen molar-refractivity contribution in [1.82, 2.24) is 10.6 Å². The van der Waals surface area contributed by atoms with Gasteiger partial charge < -0.3 is 20.5 Å². The molecule has 0 saturated carbocycles. The van der Waals surface area contributed by atoms with Gasteiger partial charge in [-0.05, 0) is 54.3 Å². The number of benzene rings is 1. The maximum atomic E-state index is 10.6. The highest BCUT2D eigenvalue weighted by molar-refractivity contribution is 7.08. The van der Waals surface area contributed by atoms with Gasteiger partial charge in [-0.1, -0.05) is 18.2 Å². The van der Waals surface area contributed by atoms with E-state index in [1.54, 1.807) is 25.4 Å². The molecule has 25 heavy (non-hydrogen) atoms. The number of thiophene rings is 1. The Morgan fingerprint density at radius 2 is 2.08 bits per heavy atom. The third-order valence-electron chi connectivity index (χ3n) is 3.91. The van der Waals surface area contributed by atoms with Crippen molar-refractivity contribution in [3.8, 4) is 5.75 Å². The Labute approximate surface area is 153 Å². The fourth-order valence-electron chi connectivity index (χ4n) is 2.46. The molecule has 0 amide bonds. The largest absolute Gasteiger partial charge is 0.496 e. The van der Waals surface area contributed by atoms with E-state index >= 15 is 0 Å². The molecule has 0 radical (unpaired) electrons. The molecule has 1 heterocycles. The quantitative estimate of drug-likeness (QED) is 0.500. The van der Waals surface area contributed by atoms with Crippen LogP contribution in [-0.4, -0.2) is 37.8 Å². The van der Waals surface area contributed by atoms with E-state index in [2.05, 4.69) is 21.7 Å². The number of aliphatic imine (C=N–C) groups is 1. The van der Waals surface area contributed by atoms with Crippen molar-refractivity contribution in [2.24, 2.45) is 4.99 Å². The molecule has 0 spiro atoms. The van der Waals surface area contributed by atoms with Crippen molar-refractivity contribution in [3.63, 3.8) is 0 Å². The number of nitrogens with zero attached hydrogens (tertiary/aromatic N) is 1. The van der Waals surface area contributed by atoms with Gasteiger partial charge in [0.2, 0.25) is 0 Å². The minimum Gasteiger partial charge on any atom is -0.496 e. The topological polar surface area (TPSA) is 65.9 Å². The molecule has 2 aromatic rings. The van der Waals surface area contributed by atoms with Gasteiger partial charge in [0.1, 0.15) is 11.4 Å². The number of methoxy groups -OCH3 is 1. The van der Waals surface area contributed by atoms with Gasteiger partial charge in [-0.25, -0.2) is 4.99 Å². The zero-order valence-electron chi connectivity index (χ0n) is 15.1. The Balaban J connectivity index is 1.93. The fourth-order valence-corrected chi connectivity index (χ4v) is 3.24. The van der Waals surface area contributed by atoms with Crippen molar-refractivity contribution in [1.29, 1.82) is 0 Å². The van der Waals surface area contributed by atoms with Crippen LogP contribution in [0.25, 0.3) is 0 Å². The number of aliphatic hydroxyl groups is 1. The van der Waals surface area contributed by atoms with E-state index in [1.807, 2.05) is 41.9 Å². The highest BCUT2D eigenvalue weighted by atomic mass is 32.1. The van der Waals surface area contributed by atoms with Gasteiger partial charge in [0.25, 0.3) is 0 Å². The van der Waals surface area contributed by atoms with Crippen LogP contribution in [0.5, 0.6) is 5.75 Å². The normalized spacial score (nSPS) is 14.0. The lowest BCUT2D eigenvalue weighted by Gasteiger charge is -2.21. The molecule has 3 N–H and O–H groups in total. The van der Waals surface area contributed by atoms with Crippen molar-refractivity contribution in [3.05, 3.63) is 52.2 Å². The standard InChI is InChI=1S/C19H27N3O2S/c1-4-20-18(22-14-19(2,23)16-10-12-25-13-16)21-11-9-15-7-5-6-8-17(15)24-3/h5-8,10,12-13,23H,4,9,11,14H2,1-3H3,(H2,20,21,22). The Morgan fingerprint density at radius 3 is 2.76 bits per heavy atom. The molecule has 1 aromatic carbocycles. The Kier molecular flexibility index (Phi) is 7.28. The van der Waals surface area contributed by atoms with Crippen LogP contribution in [0.4, 0.5) is 0 Å². The minimum absolute atomic E-state index is 0.299. The number of nitrogens with one attached hydrogen (secondary N) is 2. The molecule has 1 atom stereocenters. The number of guanidine groups is 1. The molecule has 0 bridgehead atoms. The van der Waals surface area contributed by atoms with Crippen LogP contribution in [0.2, 0.25) is 0 Å². The summed E-state index contributed by atoms with van der Waals surface area (Å²) in [5.41, 5.74) is 1.08. The maximum Gasteiger partial charge on any atom is 0.191 e. The molecule has 0 saturated heterocycles. The fraction of sp³-hybridized carbons (Fsp3) is 0.421. The van der Waals surface area contributed by atoms with Gasteiger partial charge in [0, 0.05) is 13.1 Å². The summed E-state index contributed by atoms with van der Waals surface area (Å²) >= 11 is 1.57. The first-order chi connectivity index (χ1) is 12.1. The van der Waals surface area contributed by atoms with Crippen molar-refractivity contribution in [2.45, 2.75) is 25.9 Å². The minimum atomic E-state index is -0.967. The second-order valence-corrected chi connectivity index (χ2v) is 6.75. The van der Waals surface area contributed by atoms with E-state index in [4.69, 9.17) is 4.74 Å². The van der Waals surface area contributed by atoms with Gasteiger partial charge >= 0.3 is 0 Å². The maximum absolute atomic E-state index is 10.6. The first-order valence-electron chi connectivity index (χ1n) is 8.46. The highest BCUT2D eigenvalue weighted by Crippen LogP contribution is 2.23. The average molecular weight is 362 g/mol. The number of para-hydroxylation sites is 1. The van der Waals surface area contributed by atoms with Crippen LogP contribution in [0.3, 0.4) is 0 Å². The van der Waals surface area contributed by atoms with E-state index in [1.165, 1.54) is 0 Å². The summed E-state index contributed by atoms with van der Waals surface area (Å²) in [6, 6.07) is 9.93. The number of ether oxygens (including phenoxy) is 1. The van der Waals surface area contributed by atoms with E-state index in [9.17, 15) is 5.11 Å². The van der Waals surface area contributed by atoms with Gasteiger partial charge in [-0.2, -0.15) is 11.3 Å². The van der Waals surface area contributed by atoms with Gasteiger partial charge in [0.05, 0.1) is 13.7 Å². The smallest absolute Gasteiger partial charge is 0.191 e. The van der Waals surface area contributed by atoms with Gasteiger partial charge in [-0.15, -0.1) is 0 Å². The number of hydrogen-bond acceptors (Lipinski definition) is 4. The number of hydrogen-bond donors (Lipinski definition) is 3. The lowest BCUT2D eigenvalue weighted by atomic mass is 10.00. The van der Waals surface area contributed by atoms with E-state index in [0.717, 1.165) is 36.4 Å². The zero-order chi connectivity index (χ0) is 18.1. The van der Waals surface area contributed by atoms with E-state index in [-0.39, 0.29) is 0 Å². The second-order valence-electron chi connectivity index (χ2n) is 5.97. The Morgan fingerprint density at radius 1 is 1.28 bits per heavy atom. The second kappa shape index (κ2) is 9.44. The summed E-state index contributed by atoms with van der Waals surface area (Å²) in [6.45, 7) is 5.60. The van der Waals surface area contributed by atoms with Crippen LogP contribution in [0.1, 0.15) is 25.0 Å². The molecular formula is C19H27N3O2S. The molecule has 5 nitrogen and oxygen atoms in total. The summed E-state index contributed by atoms with van der Waals surface area (Å²) in [5.74, 6) is 1.60. The molecule has 1 unspecified atom stereocenters. The lowest BCUT2D eigenvalue weighted by Crippen LogP contribution is -2.39. The predicted octanol–water partition coefficient (Wildman–Crippen LogP) is 2.76. The molecule has 6 heteroatoms. The monoisotopic (exact) mass is 361 g/mol. The molecule has 2 rings (SSSR count). The third-order valence-corrected chi connectivity index (χ3v) is 4.59. The highest BCUT2D eigenvalue weighted by Gasteiger charge is 2.23. The lowest BCUT2D eigenvalue weighted by molar-refractivity contribution is 0.0677. The summed E-state index contributed by atoms with van der Waals surface area (Å²) in [4.78, 5) is 4.53. The van der Waals surface area contributed by atoms with Gasteiger partial charge in [-0.3, -0.25) is 0 Å². The Hall–Kier alpha value is -2.05. The van der Waals surface area contributed by atoms with E-state index < -0.39 is 5.60 Å². The summed E-state index contributed by atoms with van der Waals surface area (Å²) < 4.78 is 5.38. The first kappa shape index (κ1) is 19.3. The number of rotatable bonds is 8. The molecule has 1 aromatic heterocycles. The molecular weight excluding hydrogens is 334 g/mol. The van der Waals surface area contributed by atoms with Crippen LogP contribution < -0.4 is 15.4 Å². The third kappa shape index (κ3) is 5.76. The molecule has 0 aliphatic heterocycles. The average Bonchev–Trinajstić information content (AvgIpc) is 3.16. The van der Waals surface area contributed by atoms with Crippen molar-refractivity contribution >= 4 is 17.3 Å². The van der Waals surface area contributed by atoms with Crippen LogP contribution in [0, 0.1) is 0 Å². The van der Waals surface area contributed by atoms with Crippen molar-refractivity contribution in [2.75, 3.05) is 26.7 Å². The van der Waals surface area contributed by atoms with Crippen LogP contribution in [0.15, 0.2) is 46.1 Å². The predicted molar refractivity (Wildman–Crippen MR) is 105 cm³/mol. The summed E-state index contributed by atoms with van der Waals surface area (Å²) in [7, 11) is 1.68. The zero-order valence-corrected chi connectivity index (χ0v) is 15.9. The SMILES string of the molecule is CCNC(=NCC(C)(O)c1ccsc1)NCCc1ccccc1OC. The summed E-state index contributed by atoms with van der Waals surface area (Å²) in [6.07, 6.45) is 0.829. The van der Waals surface area contributed by atoms with E-state index in [0.29, 0.717) is 12.5 Å². The molecule has 0 aliphatic rings. The summed E-state index contributed by atoms with van der Waals surface area (Å²) in [5, 5.41) is 21.0. The van der Waals surface area contributed by atoms with Crippen molar-refractivity contribution < 1.29 is 9.84 Å². The molecule has 136 valence electrons.